The number of hydrogen-bond acceptors (Lipinski definition) is 4. The van der Waals surface area contributed by atoms with E-state index in [1.807, 2.05) is 12.1 Å². The van der Waals surface area contributed by atoms with Gasteiger partial charge in [-0.2, -0.15) is 13.2 Å². The van der Waals surface area contributed by atoms with Gasteiger partial charge in [-0.15, -0.1) is 0 Å². The molecule has 1 aliphatic rings. The van der Waals surface area contributed by atoms with Gasteiger partial charge in [-0.3, -0.25) is 9.69 Å². The zero-order valence-electron chi connectivity index (χ0n) is 16.2. The molecule has 0 N–H and O–H groups in total. The molecule has 3 aromatic rings. The number of carbonyl (C=O) groups is 1. The Kier molecular flexibility index (Phi) is 5.67. The topological polar surface area (TPSA) is 49.8 Å². The van der Waals surface area contributed by atoms with Crippen molar-refractivity contribution in [1.29, 1.82) is 0 Å². The van der Waals surface area contributed by atoms with E-state index in [2.05, 4.69) is 4.90 Å². The average Bonchev–Trinajstić information content (AvgIpc) is 3.36. The van der Waals surface area contributed by atoms with Crippen LogP contribution >= 0.6 is 0 Å². The van der Waals surface area contributed by atoms with Crippen molar-refractivity contribution in [3.05, 3.63) is 71.9 Å². The highest BCUT2D eigenvalue weighted by atomic mass is 19.4. The average molecular weight is 418 g/mol. The number of furan rings is 2. The maximum absolute atomic E-state index is 12.9. The summed E-state index contributed by atoms with van der Waals surface area (Å²) in [5.74, 6) is 0.986. The van der Waals surface area contributed by atoms with Gasteiger partial charge in [0.1, 0.15) is 11.5 Å². The van der Waals surface area contributed by atoms with Crippen LogP contribution < -0.4 is 0 Å². The Bertz CT molecular complexity index is 995. The Morgan fingerprint density at radius 3 is 2.63 bits per heavy atom. The van der Waals surface area contributed by atoms with Gasteiger partial charge in [0.15, 0.2) is 5.76 Å². The molecule has 158 valence electrons. The van der Waals surface area contributed by atoms with Gasteiger partial charge in [0.2, 0.25) is 0 Å². The monoisotopic (exact) mass is 418 g/mol. The zero-order valence-corrected chi connectivity index (χ0v) is 16.2. The summed E-state index contributed by atoms with van der Waals surface area (Å²) in [6.45, 7) is 3.37. The Balaban J connectivity index is 1.43. The van der Waals surface area contributed by atoms with E-state index in [0.29, 0.717) is 26.2 Å². The molecule has 0 spiro atoms. The molecule has 0 aliphatic carbocycles. The Hall–Kier alpha value is -3.00. The van der Waals surface area contributed by atoms with Crippen LogP contribution in [0, 0.1) is 0 Å². The molecule has 0 atom stereocenters. The molecular weight excluding hydrogens is 397 g/mol. The minimum absolute atomic E-state index is 0.127. The molecule has 1 saturated heterocycles. The van der Waals surface area contributed by atoms with E-state index < -0.39 is 11.7 Å². The smallest absolute Gasteiger partial charge is 0.416 e. The predicted molar refractivity (Wildman–Crippen MR) is 104 cm³/mol. The van der Waals surface area contributed by atoms with Gasteiger partial charge in [-0.25, -0.2) is 0 Å². The summed E-state index contributed by atoms with van der Waals surface area (Å²) < 4.78 is 49.8. The first-order chi connectivity index (χ1) is 14.4. The van der Waals surface area contributed by atoms with Crippen LogP contribution in [-0.4, -0.2) is 41.9 Å². The second-order valence-corrected chi connectivity index (χ2v) is 7.24. The Labute approximate surface area is 171 Å². The van der Waals surface area contributed by atoms with Gasteiger partial charge in [-0.05, 0) is 42.8 Å². The molecule has 30 heavy (non-hydrogen) atoms. The van der Waals surface area contributed by atoms with Crippen LogP contribution in [0.25, 0.3) is 11.3 Å². The summed E-state index contributed by atoms with van der Waals surface area (Å²) in [6.07, 6.45) is -1.98. The van der Waals surface area contributed by atoms with E-state index in [1.54, 1.807) is 11.2 Å². The lowest BCUT2D eigenvalue weighted by Gasteiger charge is -2.20. The first-order valence-corrected chi connectivity index (χ1v) is 9.71. The molecule has 1 amide bonds. The van der Waals surface area contributed by atoms with Crippen LogP contribution in [0.2, 0.25) is 0 Å². The third-order valence-corrected chi connectivity index (χ3v) is 5.13. The third-order valence-electron chi connectivity index (χ3n) is 5.13. The summed E-state index contributed by atoms with van der Waals surface area (Å²) in [6, 6.07) is 11.7. The van der Waals surface area contributed by atoms with Gasteiger partial charge >= 0.3 is 6.18 Å². The Morgan fingerprint density at radius 2 is 1.87 bits per heavy atom. The molecule has 1 aliphatic heterocycles. The minimum atomic E-state index is -4.44. The van der Waals surface area contributed by atoms with Crippen LogP contribution in [-0.2, 0) is 12.7 Å². The molecule has 8 heteroatoms. The SMILES string of the molecule is O=C(c1ccc(-c2cccc(C(F)(F)F)c2)o1)N1CCCN(Cc2ccco2)CC1. The molecule has 5 nitrogen and oxygen atoms in total. The summed E-state index contributed by atoms with van der Waals surface area (Å²) in [5.41, 5.74) is -0.474. The maximum atomic E-state index is 12.9. The molecule has 0 unspecified atom stereocenters. The summed E-state index contributed by atoms with van der Waals surface area (Å²) >= 11 is 0. The van der Waals surface area contributed by atoms with E-state index in [4.69, 9.17) is 8.83 Å². The number of nitrogens with zero attached hydrogens (tertiary/aromatic N) is 2. The second-order valence-electron chi connectivity index (χ2n) is 7.24. The number of amides is 1. The van der Waals surface area contributed by atoms with E-state index in [-0.39, 0.29) is 23.0 Å². The van der Waals surface area contributed by atoms with Crippen LogP contribution in [0.5, 0.6) is 0 Å². The first kappa shape index (κ1) is 20.3. The lowest BCUT2D eigenvalue weighted by molar-refractivity contribution is -0.137. The van der Waals surface area contributed by atoms with Crippen molar-refractivity contribution in [3.63, 3.8) is 0 Å². The zero-order chi connectivity index (χ0) is 21.1. The summed E-state index contributed by atoms with van der Waals surface area (Å²) in [4.78, 5) is 16.8. The molecule has 0 radical (unpaired) electrons. The highest BCUT2D eigenvalue weighted by molar-refractivity contribution is 5.92. The van der Waals surface area contributed by atoms with Crippen LogP contribution in [0.4, 0.5) is 13.2 Å². The molecule has 1 fully saturated rings. The number of benzene rings is 1. The molecule has 2 aromatic heterocycles. The number of alkyl halides is 3. The normalized spacial score (nSPS) is 15.9. The predicted octanol–water partition coefficient (Wildman–Crippen LogP) is 4.91. The highest BCUT2D eigenvalue weighted by Gasteiger charge is 2.31. The molecule has 4 rings (SSSR count). The van der Waals surface area contributed by atoms with Crippen molar-refractivity contribution in [2.45, 2.75) is 19.1 Å². The van der Waals surface area contributed by atoms with Gasteiger partial charge in [-0.1, -0.05) is 12.1 Å². The number of halogens is 3. The number of carbonyl (C=O) groups excluding carboxylic acids is 1. The van der Waals surface area contributed by atoms with E-state index >= 15 is 0 Å². The van der Waals surface area contributed by atoms with Gasteiger partial charge in [0.25, 0.3) is 5.91 Å². The van der Waals surface area contributed by atoms with Crippen molar-refractivity contribution >= 4 is 5.91 Å². The molecule has 0 bridgehead atoms. The van der Waals surface area contributed by atoms with Crippen LogP contribution in [0.1, 0.15) is 28.3 Å². The minimum Gasteiger partial charge on any atom is -0.468 e. The quantitative estimate of drug-likeness (QED) is 0.604. The fraction of sp³-hybridized carbons (Fsp3) is 0.318. The van der Waals surface area contributed by atoms with Crippen molar-refractivity contribution in [2.24, 2.45) is 0 Å². The van der Waals surface area contributed by atoms with Crippen molar-refractivity contribution in [1.82, 2.24) is 9.80 Å². The van der Waals surface area contributed by atoms with Gasteiger partial charge in [0.05, 0.1) is 18.4 Å². The van der Waals surface area contributed by atoms with Crippen LogP contribution in [0.15, 0.2) is 63.6 Å². The van der Waals surface area contributed by atoms with Crippen molar-refractivity contribution in [2.75, 3.05) is 26.2 Å². The number of hydrogen-bond donors (Lipinski definition) is 0. The molecule has 3 heterocycles. The highest BCUT2D eigenvalue weighted by Crippen LogP contribution is 2.32. The fourth-order valence-electron chi connectivity index (χ4n) is 3.57. The second kappa shape index (κ2) is 8.39. The third kappa shape index (κ3) is 4.59. The van der Waals surface area contributed by atoms with Crippen LogP contribution in [0.3, 0.4) is 0 Å². The van der Waals surface area contributed by atoms with Gasteiger partial charge < -0.3 is 13.7 Å². The fourth-order valence-corrected chi connectivity index (χ4v) is 3.57. The van der Waals surface area contributed by atoms with E-state index in [9.17, 15) is 18.0 Å². The lowest BCUT2D eigenvalue weighted by Crippen LogP contribution is -2.34. The van der Waals surface area contributed by atoms with E-state index in [0.717, 1.165) is 30.9 Å². The summed E-state index contributed by atoms with van der Waals surface area (Å²) in [7, 11) is 0. The van der Waals surface area contributed by atoms with Gasteiger partial charge in [0, 0.05) is 31.7 Å². The standard InChI is InChI=1S/C22H21F3N2O3/c23-22(24,25)17-5-1-4-16(14-17)19-7-8-20(30-19)21(28)27-10-3-9-26(11-12-27)15-18-6-2-13-29-18/h1-2,4-8,13-14H,3,9-12,15H2. The molecular formula is C22H21F3N2O3. The molecule has 1 aromatic carbocycles. The Morgan fingerprint density at radius 1 is 1.00 bits per heavy atom. The van der Waals surface area contributed by atoms with Crippen molar-refractivity contribution in [3.8, 4) is 11.3 Å². The molecule has 0 saturated carbocycles. The first-order valence-electron chi connectivity index (χ1n) is 9.71. The number of rotatable bonds is 4. The lowest BCUT2D eigenvalue weighted by atomic mass is 10.1. The summed E-state index contributed by atoms with van der Waals surface area (Å²) in [5, 5.41) is 0. The largest absolute Gasteiger partial charge is 0.468 e. The maximum Gasteiger partial charge on any atom is 0.416 e. The van der Waals surface area contributed by atoms with E-state index in [1.165, 1.54) is 24.3 Å². The van der Waals surface area contributed by atoms with Crippen molar-refractivity contribution < 1.29 is 26.8 Å².